The van der Waals surface area contributed by atoms with Crippen molar-refractivity contribution >= 4 is 52.3 Å². The van der Waals surface area contributed by atoms with Gasteiger partial charge in [0.15, 0.2) is 0 Å². The van der Waals surface area contributed by atoms with E-state index in [0.717, 1.165) is 22.0 Å². The number of aromatic nitrogens is 1. The van der Waals surface area contributed by atoms with Crippen LogP contribution in [0, 0.1) is 11.8 Å². The number of benzene rings is 2. The van der Waals surface area contributed by atoms with Crippen LogP contribution in [0.5, 0.6) is 0 Å². The van der Waals surface area contributed by atoms with E-state index in [1.807, 2.05) is 54.6 Å². The molecule has 302 valence electrons. The first-order valence-corrected chi connectivity index (χ1v) is 19.3. The van der Waals surface area contributed by atoms with Gasteiger partial charge in [-0.15, -0.1) is 0 Å². The zero-order valence-electron chi connectivity index (χ0n) is 33.2. The molecule has 1 fully saturated rings. The molecule has 2 heterocycles. The first-order chi connectivity index (χ1) is 26.6. The van der Waals surface area contributed by atoms with Gasteiger partial charge in [-0.25, -0.2) is 0 Å². The van der Waals surface area contributed by atoms with Crippen LogP contribution in [0.2, 0.25) is 0 Å². The Labute approximate surface area is 327 Å². The maximum absolute atomic E-state index is 14.1. The highest BCUT2D eigenvalue weighted by Gasteiger charge is 2.36. The third kappa shape index (κ3) is 11.4. The molecule has 7 amide bonds. The molecule has 0 aliphatic carbocycles. The smallest absolute Gasteiger partial charge is 0.243 e. The van der Waals surface area contributed by atoms with Gasteiger partial charge in [-0.05, 0) is 49.3 Å². The zero-order chi connectivity index (χ0) is 41.1. The molecule has 1 saturated heterocycles. The minimum Gasteiger partial charge on any atom is -0.361 e. The molecule has 2 aromatic carbocycles. The standard InChI is InChI=1S/C41H56N8O7/c1-22(2)33-39(54)45-26(7)36(51)46-31(20-28-21-43-30-17-12-11-16-29(28)30)38(53)42-19-13-18-32(50)44-25(6)37(52)47-34(23(3)4)40(55)49-35(41(56)48-33)24(5)27-14-9-8-10-15-27/h8-12,14-17,21-26,31,33-35,43H,13,18-20H2,1-7H3,(H,42,53)(H,44,50)(H,45,54)(H,46,51)(H,47,52)(H,48,56)(H,49,55). The summed E-state index contributed by atoms with van der Waals surface area (Å²) in [5, 5.41) is 20.1. The molecular weight excluding hydrogens is 716 g/mol. The number of hydrogen-bond donors (Lipinski definition) is 8. The summed E-state index contributed by atoms with van der Waals surface area (Å²) in [6, 6.07) is 10.1. The predicted molar refractivity (Wildman–Crippen MR) is 212 cm³/mol. The van der Waals surface area contributed by atoms with E-state index in [1.165, 1.54) is 13.8 Å². The summed E-state index contributed by atoms with van der Waals surface area (Å²) in [5.74, 6) is -5.48. The number of carbonyl (C=O) groups is 7. The van der Waals surface area contributed by atoms with Gasteiger partial charge >= 0.3 is 0 Å². The van der Waals surface area contributed by atoms with Crippen LogP contribution in [0.15, 0.2) is 60.8 Å². The molecule has 0 spiro atoms. The minimum atomic E-state index is -1.18. The fraction of sp³-hybridized carbons (Fsp3) is 0.488. The van der Waals surface area contributed by atoms with Crippen molar-refractivity contribution in [2.75, 3.05) is 6.54 Å². The van der Waals surface area contributed by atoms with E-state index >= 15 is 0 Å². The fourth-order valence-corrected chi connectivity index (χ4v) is 6.56. The van der Waals surface area contributed by atoms with Crippen LogP contribution in [0.3, 0.4) is 0 Å². The van der Waals surface area contributed by atoms with Gasteiger partial charge in [-0.2, -0.15) is 0 Å². The molecule has 15 nitrogen and oxygen atoms in total. The Morgan fingerprint density at radius 3 is 1.79 bits per heavy atom. The molecule has 56 heavy (non-hydrogen) atoms. The largest absolute Gasteiger partial charge is 0.361 e. The van der Waals surface area contributed by atoms with Crippen molar-refractivity contribution in [2.45, 2.75) is 110 Å². The quantitative estimate of drug-likeness (QED) is 0.185. The van der Waals surface area contributed by atoms with E-state index in [9.17, 15) is 33.6 Å². The molecular formula is C41H56N8O7. The lowest BCUT2D eigenvalue weighted by molar-refractivity contribution is -0.136. The van der Waals surface area contributed by atoms with Crippen LogP contribution in [0.4, 0.5) is 0 Å². The van der Waals surface area contributed by atoms with E-state index in [0.29, 0.717) is 0 Å². The normalized spacial score (nSPS) is 25.0. The predicted octanol–water partition coefficient (Wildman–Crippen LogP) is 1.68. The van der Waals surface area contributed by atoms with Crippen molar-refractivity contribution in [3.05, 3.63) is 71.9 Å². The van der Waals surface area contributed by atoms with E-state index in [4.69, 9.17) is 0 Å². The Bertz CT molecular complexity index is 1880. The van der Waals surface area contributed by atoms with Crippen LogP contribution in [0.25, 0.3) is 10.9 Å². The monoisotopic (exact) mass is 772 g/mol. The highest BCUT2D eigenvalue weighted by molar-refractivity contribution is 5.97. The van der Waals surface area contributed by atoms with Crippen molar-refractivity contribution in [1.82, 2.24) is 42.2 Å². The van der Waals surface area contributed by atoms with Crippen molar-refractivity contribution in [2.24, 2.45) is 11.8 Å². The Morgan fingerprint density at radius 2 is 1.12 bits per heavy atom. The van der Waals surface area contributed by atoms with Gasteiger partial charge in [0.05, 0.1) is 0 Å². The highest BCUT2D eigenvalue weighted by Crippen LogP contribution is 2.21. The van der Waals surface area contributed by atoms with Crippen molar-refractivity contribution in [3.8, 4) is 0 Å². The van der Waals surface area contributed by atoms with E-state index in [2.05, 4.69) is 42.2 Å². The molecule has 1 aromatic heterocycles. The third-order valence-electron chi connectivity index (χ3n) is 10.0. The van der Waals surface area contributed by atoms with Gasteiger partial charge in [-0.1, -0.05) is 83.1 Å². The van der Waals surface area contributed by atoms with Gasteiger partial charge in [0.25, 0.3) is 0 Å². The number of hydrogen-bond acceptors (Lipinski definition) is 7. The molecule has 4 rings (SSSR count). The van der Waals surface area contributed by atoms with Gasteiger partial charge in [0.1, 0.15) is 36.3 Å². The Balaban J connectivity index is 1.65. The van der Waals surface area contributed by atoms with Crippen molar-refractivity contribution in [1.29, 1.82) is 0 Å². The number of carbonyl (C=O) groups excluding carboxylic acids is 7. The number of fused-ring (bicyclic) bond motifs is 1. The number of para-hydroxylation sites is 1. The highest BCUT2D eigenvalue weighted by atomic mass is 16.2. The number of nitrogens with one attached hydrogen (secondary N) is 8. The average molecular weight is 773 g/mol. The topological polar surface area (TPSA) is 219 Å². The molecule has 15 heteroatoms. The van der Waals surface area contributed by atoms with Crippen molar-refractivity contribution < 1.29 is 33.6 Å². The molecule has 0 saturated carbocycles. The van der Waals surface area contributed by atoms with Crippen LogP contribution < -0.4 is 37.2 Å². The Morgan fingerprint density at radius 1 is 0.589 bits per heavy atom. The van der Waals surface area contributed by atoms with Gasteiger partial charge in [0.2, 0.25) is 41.4 Å². The summed E-state index contributed by atoms with van der Waals surface area (Å²) in [7, 11) is 0. The third-order valence-corrected chi connectivity index (χ3v) is 10.0. The zero-order valence-corrected chi connectivity index (χ0v) is 33.2. The number of rotatable bonds is 6. The molecule has 7 unspecified atom stereocenters. The molecule has 0 bridgehead atoms. The maximum atomic E-state index is 14.1. The molecule has 3 aromatic rings. The lowest BCUT2D eigenvalue weighted by atomic mass is 9.91. The second-order valence-corrected chi connectivity index (χ2v) is 15.2. The molecule has 1 aliphatic heterocycles. The first kappa shape index (κ1) is 43.0. The number of H-pyrrole nitrogens is 1. The minimum absolute atomic E-state index is 0.0142. The second-order valence-electron chi connectivity index (χ2n) is 15.2. The van der Waals surface area contributed by atoms with E-state index in [1.54, 1.807) is 40.8 Å². The summed E-state index contributed by atoms with van der Waals surface area (Å²) in [6.45, 7) is 11.8. The van der Waals surface area contributed by atoms with Crippen molar-refractivity contribution in [3.63, 3.8) is 0 Å². The average Bonchev–Trinajstić information content (AvgIpc) is 3.57. The van der Waals surface area contributed by atoms with Gasteiger partial charge in [0, 0.05) is 42.4 Å². The second kappa shape index (κ2) is 19.7. The first-order valence-electron chi connectivity index (χ1n) is 19.3. The van der Waals surface area contributed by atoms with Gasteiger partial charge < -0.3 is 42.2 Å². The fourth-order valence-electron chi connectivity index (χ4n) is 6.56. The summed E-state index contributed by atoms with van der Waals surface area (Å²) in [5.41, 5.74) is 2.39. The molecule has 8 N–H and O–H groups in total. The van der Waals surface area contributed by atoms with Crippen LogP contribution >= 0.6 is 0 Å². The summed E-state index contributed by atoms with van der Waals surface area (Å²) in [4.78, 5) is 98.3. The summed E-state index contributed by atoms with van der Waals surface area (Å²) >= 11 is 0. The lowest BCUT2D eigenvalue weighted by Gasteiger charge is -2.31. The van der Waals surface area contributed by atoms with Gasteiger partial charge in [-0.3, -0.25) is 33.6 Å². The van der Waals surface area contributed by atoms with E-state index < -0.39 is 95.4 Å². The SMILES string of the molecule is CC1NC(=O)CCCNC(=O)C(Cc2c[nH]c3ccccc23)NC(=O)C(C)NC(=O)C(C(C)C)NC(=O)C(C(C)c2ccccc2)NC(=O)C(C(C)C)NC1=O. The summed E-state index contributed by atoms with van der Waals surface area (Å²) in [6.07, 6.45) is 2.13. The van der Waals surface area contributed by atoms with E-state index in [-0.39, 0.29) is 25.8 Å². The molecule has 1 aliphatic rings. The van der Waals surface area contributed by atoms with Crippen LogP contribution in [-0.2, 0) is 40.0 Å². The molecule has 0 radical (unpaired) electrons. The Kier molecular flexibility index (Phi) is 15.2. The lowest BCUT2D eigenvalue weighted by Crippen LogP contribution is -2.61. The van der Waals surface area contributed by atoms with Crippen LogP contribution in [0.1, 0.15) is 78.4 Å². The van der Waals surface area contributed by atoms with Crippen LogP contribution in [-0.4, -0.2) is 89.1 Å². The summed E-state index contributed by atoms with van der Waals surface area (Å²) < 4.78 is 0. The Hall–Kier alpha value is -5.73. The molecule has 7 atom stereocenters. The maximum Gasteiger partial charge on any atom is 0.243 e. The number of amides is 7. The number of aromatic amines is 1.